The maximum absolute atomic E-state index is 4.81. The summed E-state index contributed by atoms with van der Waals surface area (Å²) in [5.41, 5.74) is 2.47. The minimum absolute atomic E-state index is 0.212. The number of nitrogens with zero attached hydrogens (tertiary/aromatic N) is 2. The lowest BCUT2D eigenvalue weighted by molar-refractivity contribution is 0.164. The molecule has 1 aromatic carbocycles. The van der Waals surface area contributed by atoms with Gasteiger partial charge >= 0.3 is 0 Å². The highest BCUT2D eigenvalue weighted by Crippen LogP contribution is 2.34. The standard InChI is InChI=1S/C16H23N3/c1-3-10-19-11-8-16(2,9-12-19)15-17-13-6-4-5-7-14(13)18-15/h4-7H,3,8-12H2,1-2H3,(H,17,18). The van der Waals surface area contributed by atoms with Crippen LogP contribution in [0, 0.1) is 0 Å². The Hall–Kier alpha value is -1.35. The van der Waals surface area contributed by atoms with Crippen molar-refractivity contribution in [2.45, 2.75) is 38.5 Å². The zero-order valence-corrected chi connectivity index (χ0v) is 11.9. The van der Waals surface area contributed by atoms with Crippen LogP contribution in [-0.4, -0.2) is 34.5 Å². The summed E-state index contributed by atoms with van der Waals surface area (Å²) in [6.07, 6.45) is 3.65. The number of piperidine rings is 1. The first-order valence-corrected chi connectivity index (χ1v) is 7.39. The molecule has 2 aromatic rings. The molecule has 0 saturated carbocycles. The Morgan fingerprint density at radius 3 is 2.68 bits per heavy atom. The summed E-state index contributed by atoms with van der Waals surface area (Å²) in [5, 5.41) is 0. The quantitative estimate of drug-likeness (QED) is 0.914. The summed E-state index contributed by atoms with van der Waals surface area (Å²) in [5.74, 6) is 1.17. The van der Waals surface area contributed by atoms with E-state index in [1.54, 1.807) is 0 Å². The van der Waals surface area contributed by atoms with Gasteiger partial charge in [-0.15, -0.1) is 0 Å². The number of likely N-dealkylation sites (tertiary alicyclic amines) is 1. The molecular weight excluding hydrogens is 234 g/mol. The van der Waals surface area contributed by atoms with Gasteiger partial charge < -0.3 is 9.88 Å². The van der Waals surface area contributed by atoms with Crippen molar-refractivity contribution in [3.05, 3.63) is 30.1 Å². The lowest BCUT2D eigenvalue weighted by Crippen LogP contribution is -2.41. The molecule has 0 spiro atoms. The average molecular weight is 257 g/mol. The number of aromatic amines is 1. The number of H-pyrrole nitrogens is 1. The van der Waals surface area contributed by atoms with E-state index in [2.05, 4.69) is 48.0 Å². The molecule has 1 saturated heterocycles. The van der Waals surface area contributed by atoms with Crippen molar-refractivity contribution in [2.75, 3.05) is 19.6 Å². The van der Waals surface area contributed by atoms with Crippen LogP contribution < -0.4 is 0 Å². The summed E-state index contributed by atoms with van der Waals surface area (Å²) >= 11 is 0. The molecule has 1 N–H and O–H groups in total. The van der Waals surface area contributed by atoms with Crippen LogP contribution in [0.4, 0.5) is 0 Å². The lowest BCUT2D eigenvalue weighted by Gasteiger charge is -2.38. The van der Waals surface area contributed by atoms with Gasteiger partial charge in [0.1, 0.15) is 5.82 Å². The smallest absolute Gasteiger partial charge is 0.113 e. The lowest BCUT2D eigenvalue weighted by atomic mass is 9.79. The van der Waals surface area contributed by atoms with E-state index < -0.39 is 0 Å². The molecule has 0 bridgehead atoms. The molecule has 1 fully saturated rings. The fraction of sp³-hybridized carbons (Fsp3) is 0.562. The third kappa shape index (κ3) is 2.39. The molecule has 0 radical (unpaired) electrons. The second kappa shape index (κ2) is 4.97. The Bertz CT molecular complexity index is 517. The van der Waals surface area contributed by atoms with Gasteiger partial charge in [-0.05, 0) is 51.0 Å². The fourth-order valence-corrected chi connectivity index (χ4v) is 3.06. The van der Waals surface area contributed by atoms with E-state index in [9.17, 15) is 0 Å². The van der Waals surface area contributed by atoms with Crippen molar-refractivity contribution < 1.29 is 0 Å². The Morgan fingerprint density at radius 1 is 1.26 bits per heavy atom. The first kappa shape index (κ1) is 12.7. The third-order valence-corrected chi connectivity index (χ3v) is 4.46. The number of benzene rings is 1. The van der Waals surface area contributed by atoms with Gasteiger partial charge in [-0.25, -0.2) is 4.98 Å². The number of imidazole rings is 1. The van der Waals surface area contributed by atoms with Crippen LogP contribution in [0.25, 0.3) is 11.0 Å². The minimum Gasteiger partial charge on any atom is -0.342 e. The van der Waals surface area contributed by atoms with E-state index in [0.717, 1.165) is 11.0 Å². The van der Waals surface area contributed by atoms with Crippen LogP contribution in [0.3, 0.4) is 0 Å². The number of aromatic nitrogens is 2. The zero-order chi connectivity index (χ0) is 13.3. The van der Waals surface area contributed by atoms with Crippen molar-refractivity contribution in [3.8, 4) is 0 Å². The summed E-state index contributed by atoms with van der Waals surface area (Å²) < 4.78 is 0. The predicted molar refractivity (Wildman–Crippen MR) is 79.4 cm³/mol. The molecule has 1 aliphatic heterocycles. The number of hydrogen-bond acceptors (Lipinski definition) is 2. The molecule has 2 heterocycles. The van der Waals surface area contributed by atoms with E-state index in [1.165, 1.54) is 44.7 Å². The molecule has 0 atom stereocenters. The van der Waals surface area contributed by atoms with Crippen LogP contribution in [0.1, 0.15) is 38.9 Å². The van der Waals surface area contributed by atoms with Crippen LogP contribution in [0.15, 0.2) is 24.3 Å². The maximum Gasteiger partial charge on any atom is 0.113 e. The highest BCUT2D eigenvalue weighted by atomic mass is 15.1. The highest BCUT2D eigenvalue weighted by Gasteiger charge is 2.34. The Balaban J connectivity index is 1.81. The maximum atomic E-state index is 4.81. The normalized spacial score (nSPS) is 19.9. The first-order chi connectivity index (χ1) is 9.21. The van der Waals surface area contributed by atoms with Crippen LogP contribution in [0.5, 0.6) is 0 Å². The van der Waals surface area contributed by atoms with E-state index in [1.807, 2.05) is 0 Å². The third-order valence-electron chi connectivity index (χ3n) is 4.46. The van der Waals surface area contributed by atoms with Crippen LogP contribution in [0.2, 0.25) is 0 Å². The average Bonchev–Trinajstić information content (AvgIpc) is 2.86. The highest BCUT2D eigenvalue weighted by molar-refractivity contribution is 5.75. The van der Waals surface area contributed by atoms with Gasteiger partial charge in [0.2, 0.25) is 0 Å². The van der Waals surface area contributed by atoms with Crippen LogP contribution >= 0.6 is 0 Å². The van der Waals surface area contributed by atoms with E-state index in [-0.39, 0.29) is 5.41 Å². The van der Waals surface area contributed by atoms with Gasteiger partial charge in [-0.1, -0.05) is 26.0 Å². The molecule has 0 amide bonds. The van der Waals surface area contributed by atoms with E-state index >= 15 is 0 Å². The van der Waals surface area contributed by atoms with Crippen molar-refractivity contribution in [3.63, 3.8) is 0 Å². The number of hydrogen-bond donors (Lipinski definition) is 1. The summed E-state index contributed by atoms with van der Waals surface area (Å²) in [6, 6.07) is 8.32. The molecule has 3 heteroatoms. The molecular formula is C16H23N3. The van der Waals surface area contributed by atoms with Crippen molar-refractivity contribution in [1.29, 1.82) is 0 Å². The fourth-order valence-electron chi connectivity index (χ4n) is 3.06. The second-order valence-electron chi connectivity index (χ2n) is 6.00. The van der Waals surface area contributed by atoms with Gasteiger partial charge in [-0.2, -0.15) is 0 Å². The number of para-hydroxylation sites is 2. The molecule has 1 aliphatic rings. The topological polar surface area (TPSA) is 31.9 Å². The molecule has 19 heavy (non-hydrogen) atoms. The molecule has 3 nitrogen and oxygen atoms in total. The van der Waals surface area contributed by atoms with Gasteiger partial charge in [-0.3, -0.25) is 0 Å². The number of nitrogens with one attached hydrogen (secondary N) is 1. The Labute approximate surface area is 115 Å². The van der Waals surface area contributed by atoms with Gasteiger partial charge in [0.05, 0.1) is 11.0 Å². The minimum atomic E-state index is 0.212. The van der Waals surface area contributed by atoms with Crippen molar-refractivity contribution >= 4 is 11.0 Å². The largest absolute Gasteiger partial charge is 0.342 e. The number of rotatable bonds is 3. The van der Waals surface area contributed by atoms with E-state index in [0.29, 0.717) is 0 Å². The zero-order valence-electron chi connectivity index (χ0n) is 11.9. The summed E-state index contributed by atoms with van der Waals surface area (Å²) in [4.78, 5) is 10.9. The molecule has 0 unspecified atom stereocenters. The van der Waals surface area contributed by atoms with E-state index in [4.69, 9.17) is 4.98 Å². The first-order valence-electron chi connectivity index (χ1n) is 7.39. The SMILES string of the molecule is CCCN1CCC(C)(c2nc3ccccc3[nH]2)CC1. The summed E-state index contributed by atoms with van der Waals surface area (Å²) in [7, 11) is 0. The van der Waals surface area contributed by atoms with Gasteiger partial charge in [0.15, 0.2) is 0 Å². The summed E-state index contributed by atoms with van der Waals surface area (Å²) in [6.45, 7) is 8.24. The Morgan fingerprint density at radius 2 is 2.00 bits per heavy atom. The number of fused-ring (bicyclic) bond motifs is 1. The Kier molecular flexibility index (Phi) is 3.31. The molecule has 102 valence electrons. The molecule has 1 aromatic heterocycles. The predicted octanol–water partition coefficient (Wildman–Crippen LogP) is 3.33. The van der Waals surface area contributed by atoms with Crippen LogP contribution in [-0.2, 0) is 5.41 Å². The molecule has 0 aliphatic carbocycles. The van der Waals surface area contributed by atoms with Gasteiger partial charge in [0.25, 0.3) is 0 Å². The second-order valence-corrected chi connectivity index (χ2v) is 6.00. The van der Waals surface area contributed by atoms with Crippen molar-refractivity contribution in [2.24, 2.45) is 0 Å². The molecule has 3 rings (SSSR count). The van der Waals surface area contributed by atoms with Gasteiger partial charge in [0, 0.05) is 5.41 Å². The monoisotopic (exact) mass is 257 g/mol. The van der Waals surface area contributed by atoms with Crippen molar-refractivity contribution in [1.82, 2.24) is 14.9 Å².